The van der Waals surface area contributed by atoms with Crippen molar-refractivity contribution in [3.63, 3.8) is 0 Å². The quantitative estimate of drug-likeness (QED) is 0.497. The Morgan fingerprint density at radius 2 is 1.67 bits per heavy atom. The second-order valence-corrected chi connectivity index (χ2v) is 9.83. The maximum atomic E-state index is 13.1. The van der Waals surface area contributed by atoms with E-state index in [-0.39, 0.29) is 16.2 Å². The molecule has 1 amide bonds. The van der Waals surface area contributed by atoms with Crippen LogP contribution in [0.1, 0.15) is 23.2 Å². The summed E-state index contributed by atoms with van der Waals surface area (Å²) in [7, 11) is -2.38. The number of hydrogen-bond acceptors (Lipinski definition) is 5. The van der Waals surface area contributed by atoms with Gasteiger partial charge < -0.3 is 14.8 Å². The number of amides is 1. The van der Waals surface area contributed by atoms with Crippen molar-refractivity contribution >= 4 is 33.2 Å². The smallest absolute Gasteiger partial charge is 0.255 e. The number of nitrogens with zero attached hydrogens (tertiary/aromatic N) is 1. The largest absolute Gasteiger partial charge is 0.495 e. The molecule has 1 aliphatic heterocycles. The Kier molecular flexibility index (Phi) is 6.88. The number of nitrogens with one attached hydrogen (secondary N) is 1. The highest BCUT2D eigenvalue weighted by Gasteiger charge is 2.30. The van der Waals surface area contributed by atoms with Gasteiger partial charge >= 0.3 is 0 Å². The minimum Gasteiger partial charge on any atom is -0.495 e. The Bertz CT molecular complexity index is 1260. The van der Waals surface area contributed by atoms with Crippen molar-refractivity contribution in [1.82, 2.24) is 4.31 Å². The molecule has 9 heteroatoms. The van der Waals surface area contributed by atoms with Crippen LogP contribution in [-0.4, -0.2) is 38.8 Å². The summed E-state index contributed by atoms with van der Waals surface area (Å²) in [6.45, 7) is 0.898. The maximum absolute atomic E-state index is 13.1. The topological polar surface area (TPSA) is 84.9 Å². The molecule has 4 rings (SSSR count). The number of halogens is 1. The number of hydrogen-bond donors (Lipinski definition) is 1. The summed E-state index contributed by atoms with van der Waals surface area (Å²) in [5.41, 5.74) is 0.523. The maximum Gasteiger partial charge on any atom is 0.255 e. The van der Waals surface area contributed by atoms with Gasteiger partial charge in [0.25, 0.3) is 5.91 Å². The van der Waals surface area contributed by atoms with Gasteiger partial charge in [0.1, 0.15) is 16.4 Å². The summed E-state index contributed by atoms with van der Waals surface area (Å²) >= 11 is 6.14. The molecule has 0 bridgehead atoms. The Labute approximate surface area is 197 Å². The van der Waals surface area contributed by atoms with E-state index in [1.807, 2.05) is 18.2 Å². The molecule has 1 aliphatic rings. The zero-order chi connectivity index (χ0) is 23.4. The van der Waals surface area contributed by atoms with Gasteiger partial charge in [0.05, 0.1) is 12.8 Å². The molecule has 7 nitrogen and oxygen atoms in total. The Balaban J connectivity index is 1.64. The van der Waals surface area contributed by atoms with Crippen LogP contribution < -0.4 is 14.8 Å². The predicted molar refractivity (Wildman–Crippen MR) is 127 cm³/mol. The van der Waals surface area contributed by atoms with Gasteiger partial charge in [-0.05, 0) is 61.4 Å². The molecule has 0 spiro atoms. The molecule has 3 aromatic rings. The molecule has 1 N–H and O–H groups in total. The van der Waals surface area contributed by atoms with Gasteiger partial charge in [-0.15, -0.1) is 0 Å². The molecule has 1 heterocycles. The third-order valence-corrected chi connectivity index (χ3v) is 7.42. The van der Waals surface area contributed by atoms with Gasteiger partial charge in [-0.1, -0.05) is 29.8 Å². The summed E-state index contributed by atoms with van der Waals surface area (Å²) in [5.74, 6) is 0.682. The first-order chi connectivity index (χ1) is 15.9. The monoisotopic (exact) mass is 486 g/mol. The molecular weight excluding hydrogens is 464 g/mol. The molecule has 0 saturated carbocycles. The van der Waals surface area contributed by atoms with Crippen molar-refractivity contribution < 1.29 is 22.7 Å². The average molecular weight is 487 g/mol. The fourth-order valence-electron chi connectivity index (χ4n) is 3.59. The highest BCUT2D eigenvalue weighted by Crippen LogP contribution is 2.33. The lowest BCUT2D eigenvalue weighted by molar-refractivity contribution is 0.102. The minimum absolute atomic E-state index is 0.0357. The zero-order valence-corrected chi connectivity index (χ0v) is 19.5. The third-order valence-electron chi connectivity index (χ3n) is 5.27. The molecule has 0 atom stereocenters. The van der Waals surface area contributed by atoms with Gasteiger partial charge in [0.15, 0.2) is 5.75 Å². The van der Waals surface area contributed by atoms with E-state index in [2.05, 4.69) is 5.32 Å². The van der Waals surface area contributed by atoms with Gasteiger partial charge in [-0.2, -0.15) is 4.31 Å². The number of ether oxygens (including phenoxy) is 2. The Hall–Kier alpha value is -3.07. The molecule has 33 heavy (non-hydrogen) atoms. The first kappa shape index (κ1) is 23.1. The van der Waals surface area contributed by atoms with Gasteiger partial charge in [0, 0.05) is 23.7 Å². The first-order valence-electron chi connectivity index (χ1n) is 10.4. The van der Waals surface area contributed by atoms with E-state index in [9.17, 15) is 13.2 Å². The van der Waals surface area contributed by atoms with Crippen LogP contribution in [0.5, 0.6) is 17.2 Å². The summed E-state index contributed by atoms with van der Waals surface area (Å²) in [6.07, 6.45) is 1.61. The first-order valence-corrected chi connectivity index (χ1v) is 12.2. The molecule has 172 valence electrons. The lowest BCUT2D eigenvalue weighted by Crippen LogP contribution is -2.28. The van der Waals surface area contributed by atoms with E-state index in [1.54, 1.807) is 30.3 Å². The summed E-state index contributed by atoms with van der Waals surface area (Å²) in [4.78, 5) is 13.0. The number of rotatable bonds is 7. The molecule has 1 fully saturated rings. The van der Waals surface area contributed by atoms with Crippen LogP contribution in [0, 0.1) is 0 Å². The van der Waals surface area contributed by atoms with Crippen molar-refractivity contribution in [3.8, 4) is 17.2 Å². The summed E-state index contributed by atoms with van der Waals surface area (Å²) in [5, 5.41) is 3.19. The third kappa shape index (κ3) is 5.13. The lowest BCUT2D eigenvalue weighted by Gasteiger charge is -2.18. The minimum atomic E-state index is -3.78. The van der Waals surface area contributed by atoms with Crippen LogP contribution in [0.2, 0.25) is 5.02 Å². The standard InChI is InChI=1S/C24H23ClN2O5S/c1-31-22-11-9-17(15-23(22)33(29,30)27-13-5-6-14-27)24(28)26-20-16-18(25)10-12-21(20)32-19-7-3-2-4-8-19/h2-4,7-12,15-16H,5-6,13-14H2,1H3,(H,26,28). The number of benzene rings is 3. The Morgan fingerprint density at radius 1 is 0.970 bits per heavy atom. The predicted octanol–water partition coefficient (Wildman–Crippen LogP) is 5.18. The van der Waals surface area contributed by atoms with E-state index in [4.69, 9.17) is 21.1 Å². The van der Waals surface area contributed by atoms with E-state index < -0.39 is 15.9 Å². The number of carbonyl (C=O) groups excluding carboxylic acids is 1. The highest BCUT2D eigenvalue weighted by atomic mass is 35.5. The molecule has 0 aromatic heterocycles. The van der Waals surface area contributed by atoms with Gasteiger partial charge in [-0.3, -0.25) is 4.79 Å². The van der Waals surface area contributed by atoms with E-state index in [1.165, 1.54) is 29.6 Å². The SMILES string of the molecule is COc1ccc(C(=O)Nc2cc(Cl)ccc2Oc2ccccc2)cc1S(=O)(=O)N1CCCC1. The fraction of sp³-hybridized carbons (Fsp3) is 0.208. The summed E-state index contributed by atoms with van der Waals surface area (Å²) < 4.78 is 38.8. The van der Waals surface area contributed by atoms with Crippen LogP contribution in [0.15, 0.2) is 71.6 Å². The molecule has 0 aliphatic carbocycles. The summed E-state index contributed by atoms with van der Waals surface area (Å²) in [6, 6.07) is 18.3. The molecule has 1 saturated heterocycles. The highest BCUT2D eigenvalue weighted by molar-refractivity contribution is 7.89. The van der Waals surface area contributed by atoms with Crippen molar-refractivity contribution in [1.29, 1.82) is 0 Å². The number of methoxy groups -OCH3 is 1. The molecular formula is C24H23ClN2O5S. The van der Waals surface area contributed by atoms with Crippen LogP contribution in [0.4, 0.5) is 5.69 Å². The van der Waals surface area contributed by atoms with Crippen molar-refractivity contribution in [3.05, 3.63) is 77.3 Å². The van der Waals surface area contributed by atoms with E-state index in [0.29, 0.717) is 35.3 Å². The number of sulfonamides is 1. The van der Waals surface area contributed by atoms with E-state index >= 15 is 0 Å². The van der Waals surface area contributed by atoms with E-state index in [0.717, 1.165) is 12.8 Å². The number of para-hydroxylation sites is 1. The van der Waals surface area contributed by atoms with Crippen LogP contribution in [0.3, 0.4) is 0 Å². The molecule has 0 unspecified atom stereocenters. The second kappa shape index (κ2) is 9.82. The Morgan fingerprint density at radius 3 is 2.36 bits per heavy atom. The van der Waals surface area contributed by atoms with Gasteiger partial charge in [0.2, 0.25) is 10.0 Å². The number of carbonyl (C=O) groups is 1. The van der Waals surface area contributed by atoms with Crippen molar-refractivity contribution in [2.45, 2.75) is 17.7 Å². The average Bonchev–Trinajstić information content (AvgIpc) is 3.37. The normalized spacial score (nSPS) is 14.1. The lowest BCUT2D eigenvalue weighted by atomic mass is 10.2. The second-order valence-electron chi connectivity index (χ2n) is 7.49. The number of anilines is 1. The van der Waals surface area contributed by atoms with Crippen molar-refractivity contribution in [2.24, 2.45) is 0 Å². The molecule has 0 radical (unpaired) electrons. The molecule has 3 aromatic carbocycles. The van der Waals surface area contributed by atoms with Crippen molar-refractivity contribution in [2.75, 3.05) is 25.5 Å². The zero-order valence-electron chi connectivity index (χ0n) is 18.0. The van der Waals surface area contributed by atoms with Crippen LogP contribution >= 0.6 is 11.6 Å². The van der Waals surface area contributed by atoms with Gasteiger partial charge in [-0.25, -0.2) is 8.42 Å². The fourth-order valence-corrected chi connectivity index (χ4v) is 5.46. The van der Waals surface area contributed by atoms with Crippen LogP contribution in [-0.2, 0) is 10.0 Å². The van der Waals surface area contributed by atoms with Crippen LogP contribution in [0.25, 0.3) is 0 Å².